The Kier molecular flexibility index (Phi) is 5.22. The lowest BCUT2D eigenvalue weighted by Gasteiger charge is -2.18. The van der Waals surface area contributed by atoms with E-state index in [0.29, 0.717) is 18.8 Å². The summed E-state index contributed by atoms with van der Waals surface area (Å²) in [6.45, 7) is 6.06. The Morgan fingerprint density at radius 3 is 2.71 bits per heavy atom. The van der Waals surface area contributed by atoms with Gasteiger partial charge in [0.2, 0.25) is 5.91 Å². The van der Waals surface area contributed by atoms with Crippen molar-refractivity contribution in [1.82, 2.24) is 5.32 Å². The molecule has 1 rings (SSSR count). The minimum Gasteiger partial charge on any atom is -0.469 e. The van der Waals surface area contributed by atoms with E-state index in [4.69, 9.17) is 10.2 Å². The fourth-order valence-electron chi connectivity index (χ4n) is 1.75. The SMILES string of the molecule is CC(C)C[C@@H](N)C(=O)NC(C)Cc1ccco1. The molecule has 2 atom stereocenters. The number of furan rings is 1. The molecule has 3 N–H and O–H groups in total. The topological polar surface area (TPSA) is 68.3 Å². The van der Waals surface area contributed by atoms with Gasteiger partial charge in [0.05, 0.1) is 12.3 Å². The zero-order chi connectivity index (χ0) is 12.8. The number of hydrogen-bond acceptors (Lipinski definition) is 3. The van der Waals surface area contributed by atoms with E-state index in [1.165, 1.54) is 0 Å². The molecule has 0 aliphatic rings. The number of amides is 1. The number of carbonyl (C=O) groups is 1. The summed E-state index contributed by atoms with van der Waals surface area (Å²) in [5.74, 6) is 1.21. The van der Waals surface area contributed by atoms with Gasteiger partial charge in [0.15, 0.2) is 0 Å². The van der Waals surface area contributed by atoms with Crippen LogP contribution in [0.25, 0.3) is 0 Å². The molecule has 0 bridgehead atoms. The van der Waals surface area contributed by atoms with Gasteiger partial charge in [-0.2, -0.15) is 0 Å². The van der Waals surface area contributed by atoms with Crippen LogP contribution in [0.2, 0.25) is 0 Å². The molecule has 0 spiro atoms. The maximum atomic E-state index is 11.8. The first kappa shape index (κ1) is 13.8. The summed E-state index contributed by atoms with van der Waals surface area (Å²) in [5, 5.41) is 2.90. The van der Waals surface area contributed by atoms with Crippen molar-refractivity contribution < 1.29 is 9.21 Å². The van der Waals surface area contributed by atoms with E-state index >= 15 is 0 Å². The van der Waals surface area contributed by atoms with Crippen molar-refractivity contribution in [3.63, 3.8) is 0 Å². The van der Waals surface area contributed by atoms with Crippen LogP contribution in [0.1, 0.15) is 33.0 Å². The van der Waals surface area contributed by atoms with Crippen LogP contribution in [0.3, 0.4) is 0 Å². The third-order valence-corrected chi connectivity index (χ3v) is 2.54. The van der Waals surface area contributed by atoms with Crippen molar-refractivity contribution in [1.29, 1.82) is 0 Å². The van der Waals surface area contributed by atoms with Crippen molar-refractivity contribution in [2.75, 3.05) is 0 Å². The molecule has 17 heavy (non-hydrogen) atoms. The first-order valence-electron chi connectivity index (χ1n) is 6.07. The van der Waals surface area contributed by atoms with E-state index < -0.39 is 6.04 Å². The number of nitrogens with two attached hydrogens (primary N) is 1. The molecule has 0 aliphatic carbocycles. The molecule has 0 radical (unpaired) electrons. The second-order valence-corrected chi connectivity index (χ2v) is 4.93. The molecular formula is C13H22N2O2. The highest BCUT2D eigenvalue weighted by atomic mass is 16.3. The summed E-state index contributed by atoms with van der Waals surface area (Å²) in [4.78, 5) is 11.8. The molecule has 4 nitrogen and oxygen atoms in total. The van der Waals surface area contributed by atoms with Crippen molar-refractivity contribution in [3.05, 3.63) is 24.2 Å². The van der Waals surface area contributed by atoms with Gasteiger partial charge in [-0.05, 0) is 31.4 Å². The standard InChI is InChI=1S/C13H22N2O2/c1-9(2)7-12(14)13(16)15-10(3)8-11-5-4-6-17-11/h4-6,9-10,12H,7-8,14H2,1-3H3,(H,15,16)/t10?,12-/m1/s1. The van der Waals surface area contributed by atoms with Crippen LogP contribution >= 0.6 is 0 Å². The molecule has 4 heteroatoms. The van der Waals surface area contributed by atoms with Gasteiger partial charge >= 0.3 is 0 Å². The Bertz CT molecular complexity index is 333. The summed E-state index contributed by atoms with van der Waals surface area (Å²) >= 11 is 0. The summed E-state index contributed by atoms with van der Waals surface area (Å²) in [5.41, 5.74) is 5.80. The lowest BCUT2D eigenvalue weighted by molar-refractivity contribution is -0.123. The zero-order valence-electron chi connectivity index (χ0n) is 10.8. The average molecular weight is 238 g/mol. The fraction of sp³-hybridized carbons (Fsp3) is 0.615. The quantitative estimate of drug-likeness (QED) is 0.792. The Morgan fingerprint density at radius 2 is 2.18 bits per heavy atom. The minimum atomic E-state index is -0.422. The molecule has 0 aromatic carbocycles. The van der Waals surface area contributed by atoms with Crippen molar-refractivity contribution in [3.8, 4) is 0 Å². The normalized spacial score (nSPS) is 14.6. The molecule has 1 amide bonds. The minimum absolute atomic E-state index is 0.0341. The maximum absolute atomic E-state index is 11.8. The summed E-state index contributed by atoms with van der Waals surface area (Å²) in [6, 6.07) is 3.35. The molecule has 0 saturated heterocycles. The highest BCUT2D eigenvalue weighted by Gasteiger charge is 2.17. The number of nitrogens with one attached hydrogen (secondary N) is 1. The van der Waals surface area contributed by atoms with E-state index in [9.17, 15) is 4.79 Å². The van der Waals surface area contributed by atoms with Gasteiger partial charge < -0.3 is 15.5 Å². The number of hydrogen-bond donors (Lipinski definition) is 2. The lowest BCUT2D eigenvalue weighted by atomic mass is 10.0. The first-order chi connectivity index (χ1) is 7.99. The van der Waals surface area contributed by atoms with Crippen LogP contribution in [-0.2, 0) is 11.2 Å². The Hall–Kier alpha value is -1.29. The van der Waals surface area contributed by atoms with Crippen molar-refractivity contribution in [2.24, 2.45) is 11.7 Å². The monoisotopic (exact) mass is 238 g/mol. The van der Waals surface area contributed by atoms with Crippen LogP contribution in [0.4, 0.5) is 0 Å². The second-order valence-electron chi connectivity index (χ2n) is 4.93. The van der Waals surface area contributed by atoms with E-state index in [2.05, 4.69) is 19.2 Å². The predicted molar refractivity (Wildman–Crippen MR) is 67.4 cm³/mol. The van der Waals surface area contributed by atoms with Gasteiger partial charge in [-0.1, -0.05) is 13.8 Å². The molecule has 0 aliphatic heterocycles. The van der Waals surface area contributed by atoms with Crippen LogP contribution in [0.15, 0.2) is 22.8 Å². The van der Waals surface area contributed by atoms with Crippen LogP contribution in [-0.4, -0.2) is 18.0 Å². The van der Waals surface area contributed by atoms with Gasteiger partial charge in [-0.25, -0.2) is 0 Å². The molecule has 1 heterocycles. The number of carbonyl (C=O) groups excluding carboxylic acids is 1. The highest BCUT2D eigenvalue weighted by Crippen LogP contribution is 2.06. The zero-order valence-corrected chi connectivity index (χ0v) is 10.8. The molecule has 1 aromatic heterocycles. The molecule has 1 aromatic rings. The van der Waals surface area contributed by atoms with Crippen molar-refractivity contribution in [2.45, 2.75) is 45.7 Å². The molecular weight excluding hydrogens is 216 g/mol. The summed E-state index contributed by atoms with van der Waals surface area (Å²) in [7, 11) is 0. The predicted octanol–water partition coefficient (Wildman–Crippen LogP) is 1.70. The summed E-state index contributed by atoms with van der Waals surface area (Å²) in [6.07, 6.45) is 3.03. The van der Waals surface area contributed by atoms with Gasteiger partial charge in [0, 0.05) is 12.5 Å². The Balaban J connectivity index is 2.35. The van der Waals surface area contributed by atoms with Crippen LogP contribution in [0.5, 0.6) is 0 Å². The van der Waals surface area contributed by atoms with E-state index in [1.807, 2.05) is 19.1 Å². The molecule has 0 fully saturated rings. The largest absolute Gasteiger partial charge is 0.469 e. The van der Waals surface area contributed by atoms with Gasteiger partial charge in [-0.3, -0.25) is 4.79 Å². The number of rotatable bonds is 6. The van der Waals surface area contributed by atoms with Gasteiger partial charge in [0.25, 0.3) is 0 Å². The smallest absolute Gasteiger partial charge is 0.237 e. The molecule has 96 valence electrons. The highest BCUT2D eigenvalue weighted by molar-refractivity contribution is 5.81. The fourth-order valence-corrected chi connectivity index (χ4v) is 1.75. The summed E-state index contributed by atoms with van der Waals surface area (Å²) < 4.78 is 5.23. The van der Waals surface area contributed by atoms with E-state index in [-0.39, 0.29) is 11.9 Å². The van der Waals surface area contributed by atoms with Crippen molar-refractivity contribution >= 4 is 5.91 Å². The molecule has 0 saturated carbocycles. The van der Waals surface area contributed by atoms with Gasteiger partial charge in [-0.15, -0.1) is 0 Å². The van der Waals surface area contributed by atoms with E-state index in [1.54, 1.807) is 6.26 Å². The maximum Gasteiger partial charge on any atom is 0.237 e. The van der Waals surface area contributed by atoms with Gasteiger partial charge in [0.1, 0.15) is 5.76 Å². The lowest BCUT2D eigenvalue weighted by Crippen LogP contribution is -2.45. The van der Waals surface area contributed by atoms with E-state index in [0.717, 1.165) is 5.76 Å². The first-order valence-corrected chi connectivity index (χ1v) is 6.07. The Labute approximate surface area is 103 Å². The Morgan fingerprint density at radius 1 is 1.47 bits per heavy atom. The second kappa shape index (κ2) is 6.45. The third kappa shape index (κ3) is 5.04. The third-order valence-electron chi connectivity index (χ3n) is 2.54. The van der Waals surface area contributed by atoms with Crippen LogP contribution in [0, 0.1) is 5.92 Å². The average Bonchev–Trinajstić information content (AvgIpc) is 2.68. The van der Waals surface area contributed by atoms with Crippen LogP contribution < -0.4 is 11.1 Å². The molecule has 1 unspecified atom stereocenters.